The molecule has 0 atom stereocenters. The van der Waals surface area contributed by atoms with Crippen molar-refractivity contribution in [1.82, 2.24) is 0 Å². The number of benzene rings is 2. The summed E-state index contributed by atoms with van der Waals surface area (Å²) < 4.78 is 5.32. The summed E-state index contributed by atoms with van der Waals surface area (Å²) >= 11 is 0. The number of esters is 1. The molecule has 0 amide bonds. The van der Waals surface area contributed by atoms with Crippen LogP contribution in [0.5, 0.6) is 5.75 Å². The van der Waals surface area contributed by atoms with Crippen LogP contribution in [-0.2, 0) is 4.79 Å². The highest BCUT2D eigenvalue weighted by Gasteiger charge is 2.09. The van der Waals surface area contributed by atoms with E-state index in [0.29, 0.717) is 23.2 Å². The summed E-state index contributed by atoms with van der Waals surface area (Å²) in [5.74, 6) is 0.00186. The van der Waals surface area contributed by atoms with E-state index in [1.54, 1.807) is 48.5 Å². The Labute approximate surface area is 111 Å². The summed E-state index contributed by atoms with van der Waals surface area (Å²) in [6, 6.07) is 15.8. The third kappa shape index (κ3) is 3.39. The number of ether oxygens (including phenoxy) is 1. The number of carbonyl (C=O) groups excluding carboxylic acids is 2. The molecule has 3 heteroatoms. The van der Waals surface area contributed by atoms with Crippen molar-refractivity contribution < 1.29 is 14.3 Å². The van der Waals surface area contributed by atoms with Crippen molar-refractivity contribution >= 4 is 18.3 Å². The fraction of sp³-hybridized carbons (Fsp3) is 0. The summed E-state index contributed by atoms with van der Waals surface area (Å²) in [6.45, 7) is 0. The molecule has 0 radical (unpaired) electrons. The van der Waals surface area contributed by atoms with E-state index in [1.807, 2.05) is 12.1 Å². The normalized spacial score (nSPS) is 10.3. The molecule has 0 heterocycles. The molecular formula is C16H12O3. The molecule has 0 saturated heterocycles. The first-order valence-corrected chi connectivity index (χ1v) is 5.79. The van der Waals surface area contributed by atoms with E-state index < -0.39 is 5.97 Å². The Morgan fingerprint density at radius 3 is 2.37 bits per heavy atom. The number of aldehydes is 1. The van der Waals surface area contributed by atoms with Crippen LogP contribution in [0, 0.1) is 0 Å². The minimum Gasteiger partial charge on any atom is -0.422 e. The van der Waals surface area contributed by atoms with Crippen LogP contribution in [-0.4, -0.2) is 12.3 Å². The van der Waals surface area contributed by atoms with Gasteiger partial charge in [-0.25, -0.2) is 4.79 Å². The minimum absolute atomic E-state index is 0.424. The van der Waals surface area contributed by atoms with Crippen molar-refractivity contribution in [2.24, 2.45) is 0 Å². The third-order valence-corrected chi connectivity index (χ3v) is 2.49. The maximum atomic E-state index is 11.9. The largest absolute Gasteiger partial charge is 0.422 e. The van der Waals surface area contributed by atoms with Gasteiger partial charge in [-0.1, -0.05) is 36.4 Å². The van der Waals surface area contributed by atoms with Crippen molar-refractivity contribution in [2.75, 3.05) is 0 Å². The molecule has 0 saturated carbocycles. The summed E-state index contributed by atoms with van der Waals surface area (Å²) in [5.41, 5.74) is 1.16. The monoisotopic (exact) mass is 252 g/mol. The number of carbonyl (C=O) groups is 2. The topological polar surface area (TPSA) is 43.4 Å². The van der Waals surface area contributed by atoms with Gasteiger partial charge in [-0.15, -0.1) is 0 Å². The van der Waals surface area contributed by atoms with E-state index in [0.717, 1.165) is 0 Å². The molecule has 94 valence electrons. The summed E-state index contributed by atoms with van der Waals surface area (Å²) in [7, 11) is 0. The Morgan fingerprint density at radius 1 is 0.947 bits per heavy atom. The molecule has 0 bridgehead atoms. The average Bonchev–Trinajstić information content (AvgIpc) is 2.47. The van der Waals surface area contributed by atoms with Crippen LogP contribution in [0.25, 0.3) is 6.08 Å². The highest BCUT2D eigenvalue weighted by molar-refractivity contribution is 5.91. The van der Waals surface area contributed by atoms with Crippen LogP contribution in [0.4, 0.5) is 0 Å². The van der Waals surface area contributed by atoms with Gasteiger partial charge in [0.1, 0.15) is 12.0 Å². The van der Waals surface area contributed by atoms with Crippen LogP contribution in [0.3, 0.4) is 0 Å². The molecule has 0 unspecified atom stereocenters. The third-order valence-electron chi connectivity index (χ3n) is 2.49. The second-order valence-corrected chi connectivity index (χ2v) is 3.79. The van der Waals surface area contributed by atoms with Gasteiger partial charge < -0.3 is 4.74 Å². The number of para-hydroxylation sites is 1. The van der Waals surface area contributed by atoms with E-state index in [9.17, 15) is 9.59 Å². The molecule has 2 rings (SSSR count). The Morgan fingerprint density at radius 2 is 1.63 bits per heavy atom. The Kier molecular flexibility index (Phi) is 4.24. The second-order valence-electron chi connectivity index (χ2n) is 3.79. The Hall–Kier alpha value is -2.68. The van der Waals surface area contributed by atoms with E-state index in [1.165, 1.54) is 6.08 Å². The summed E-state index contributed by atoms with van der Waals surface area (Å²) in [6.07, 6.45) is 3.63. The van der Waals surface area contributed by atoms with Crippen LogP contribution in [0.2, 0.25) is 0 Å². The maximum Gasteiger partial charge on any atom is 0.343 e. The average molecular weight is 252 g/mol. The Bertz CT molecular complexity index is 600. The SMILES string of the molecule is O=C/C=C/c1ccccc1OC(=O)c1ccccc1. The van der Waals surface area contributed by atoms with Crippen molar-refractivity contribution in [2.45, 2.75) is 0 Å². The minimum atomic E-state index is -0.424. The fourth-order valence-corrected chi connectivity index (χ4v) is 1.59. The molecule has 0 N–H and O–H groups in total. The van der Waals surface area contributed by atoms with Crippen molar-refractivity contribution in [3.05, 3.63) is 71.8 Å². The van der Waals surface area contributed by atoms with Crippen LogP contribution >= 0.6 is 0 Å². The molecule has 2 aromatic rings. The van der Waals surface area contributed by atoms with E-state index in [2.05, 4.69) is 0 Å². The maximum absolute atomic E-state index is 11.9. The molecular weight excluding hydrogens is 240 g/mol. The van der Waals surface area contributed by atoms with Gasteiger partial charge in [-0.05, 0) is 30.4 Å². The molecule has 0 spiro atoms. The highest BCUT2D eigenvalue weighted by atomic mass is 16.5. The van der Waals surface area contributed by atoms with Gasteiger partial charge in [0.2, 0.25) is 0 Å². The zero-order valence-corrected chi connectivity index (χ0v) is 10.2. The van der Waals surface area contributed by atoms with Gasteiger partial charge in [0, 0.05) is 5.56 Å². The molecule has 3 nitrogen and oxygen atoms in total. The van der Waals surface area contributed by atoms with E-state index >= 15 is 0 Å². The molecule has 0 aromatic heterocycles. The fourth-order valence-electron chi connectivity index (χ4n) is 1.59. The molecule has 19 heavy (non-hydrogen) atoms. The quantitative estimate of drug-likeness (QED) is 0.363. The first-order chi connectivity index (χ1) is 9.31. The molecule has 0 fully saturated rings. The zero-order valence-electron chi connectivity index (χ0n) is 10.2. The molecule has 2 aromatic carbocycles. The first kappa shape index (κ1) is 12.8. The Balaban J connectivity index is 2.22. The number of hydrogen-bond donors (Lipinski definition) is 0. The number of hydrogen-bond acceptors (Lipinski definition) is 3. The van der Waals surface area contributed by atoms with Crippen molar-refractivity contribution in [3.8, 4) is 5.75 Å². The first-order valence-electron chi connectivity index (χ1n) is 5.79. The zero-order chi connectivity index (χ0) is 13.5. The van der Waals surface area contributed by atoms with Gasteiger partial charge >= 0.3 is 5.97 Å². The van der Waals surface area contributed by atoms with E-state index in [4.69, 9.17) is 4.74 Å². The van der Waals surface area contributed by atoms with Crippen molar-refractivity contribution in [1.29, 1.82) is 0 Å². The predicted octanol–water partition coefficient (Wildman–Crippen LogP) is 3.12. The lowest BCUT2D eigenvalue weighted by molar-refractivity contribution is -0.104. The van der Waals surface area contributed by atoms with Crippen LogP contribution < -0.4 is 4.74 Å². The lowest BCUT2D eigenvalue weighted by Crippen LogP contribution is -2.08. The summed E-state index contributed by atoms with van der Waals surface area (Å²) in [4.78, 5) is 22.3. The summed E-state index contributed by atoms with van der Waals surface area (Å²) in [5, 5.41) is 0. The van der Waals surface area contributed by atoms with Gasteiger partial charge in [0.15, 0.2) is 0 Å². The van der Waals surface area contributed by atoms with Crippen LogP contribution in [0.15, 0.2) is 60.7 Å². The highest BCUT2D eigenvalue weighted by Crippen LogP contribution is 2.20. The van der Waals surface area contributed by atoms with Crippen molar-refractivity contribution in [3.63, 3.8) is 0 Å². The molecule has 0 aliphatic rings. The molecule has 0 aliphatic heterocycles. The lowest BCUT2D eigenvalue weighted by atomic mass is 10.2. The van der Waals surface area contributed by atoms with Crippen LogP contribution in [0.1, 0.15) is 15.9 Å². The van der Waals surface area contributed by atoms with Gasteiger partial charge in [0.05, 0.1) is 5.56 Å². The lowest BCUT2D eigenvalue weighted by Gasteiger charge is -2.07. The van der Waals surface area contributed by atoms with Gasteiger partial charge in [0.25, 0.3) is 0 Å². The van der Waals surface area contributed by atoms with Gasteiger partial charge in [-0.3, -0.25) is 4.79 Å². The standard InChI is InChI=1S/C16H12O3/c17-12-6-10-13-7-4-5-11-15(13)19-16(18)14-8-2-1-3-9-14/h1-12H/b10-6+. The predicted molar refractivity (Wildman–Crippen MR) is 72.9 cm³/mol. The number of rotatable bonds is 4. The smallest absolute Gasteiger partial charge is 0.343 e. The molecule has 0 aliphatic carbocycles. The second kappa shape index (κ2) is 6.31. The van der Waals surface area contributed by atoms with Gasteiger partial charge in [-0.2, -0.15) is 0 Å². The van der Waals surface area contributed by atoms with E-state index in [-0.39, 0.29) is 0 Å². The number of allylic oxidation sites excluding steroid dienone is 1.